The van der Waals surface area contributed by atoms with E-state index >= 15 is 0 Å². The van der Waals surface area contributed by atoms with Crippen molar-refractivity contribution in [2.45, 2.75) is 40.5 Å². The van der Waals surface area contributed by atoms with Gasteiger partial charge < -0.3 is 44.9 Å². The maximum absolute atomic E-state index is 11.3. The van der Waals surface area contributed by atoms with Crippen LogP contribution in [0.1, 0.15) is 82.9 Å². The van der Waals surface area contributed by atoms with Gasteiger partial charge in [0.25, 0.3) is 5.97 Å². The van der Waals surface area contributed by atoms with Crippen LogP contribution in [0.2, 0.25) is 0 Å². The van der Waals surface area contributed by atoms with Gasteiger partial charge in [-0.3, -0.25) is 19.2 Å². The number of carbonyl (C=O) groups is 8. The van der Waals surface area contributed by atoms with Crippen molar-refractivity contribution in [1.29, 1.82) is 0 Å². The number of benzene rings is 4. The van der Waals surface area contributed by atoms with Crippen LogP contribution in [0.5, 0.6) is 5.75 Å². The van der Waals surface area contributed by atoms with E-state index in [4.69, 9.17) is 40.2 Å². The smallest absolute Gasteiger partial charge is 0.372 e. The van der Waals surface area contributed by atoms with Crippen molar-refractivity contribution in [2.75, 3.05) is 7.11 Å². The standard InChI is InChI=1S/C14H12O2.C8H8O3.C7H6O2.C5H4O3.C5H8O3.C4H8O2.C2H4O2.7CH3.7Ag/c15-14(16)13(11-7-3-1-4-8-11)12-9-5-2-6-10-12;1-11-7-4-2-6(3-5-7)8(9)10;8-7(9)6-4-2-1-3-5-6;6-5(7)4-2-1-3-8-4;1-3(2)4(6)5(7)8;1-3(2)4(5)6;1-2(3)4;;;;;;;;;;;;;;/h1-10,13H,(H,15,16);2-5H,1H3,(H,9,10);1-5H,(H,8,9);1-3H,(H,6,7);3H,1-2H3,(H,7,8);3H,1-2H3,(H,5,6);1H3,(H,3,4);7*1H3;;;;;;;/q;;;;;;;7*+1;;;;;;;. The zero-order valence-corrected chi connectivity index (χ0v) is 54.1. The quantitative estimate of drug-likeness (QED) is 0.0388. The Hall–Kier alpha value is -3.81. The summed E-state index contributed by atoms with van der Waals surface area (Å²) in [5.74, 6) is -7.88. The van der Waals surface area contributed by atoms with Crippen LogP contribution < -0.4 is 4.74 Å². The van der Waals surface area contributed by atoms with E-state index in [1.807, 2.05) is 60.7 Å². The predicted molar refractivity (Wildman–Crippen MR) is 270 cm³/mol. The minimum Gasteiger partial charge on any atom is -0.497 e. The van der Waals surface area contributed by atoms with Crippen LogP contribution in [0.25, 0.3) is 0 Å². The van der Waals surface area contributed by atoms with Gasteiger partial charge in [-0.1, -0.05) is 107 Å². The van der Waals surface area contributed by atoms with Gasteiger partial charge in [-0.2, -0.15) is 0 Å². The van der Waals surface area contributed by atoms with Crippen molar-refractivity contribution in [2.24, 2.45) is 11.8 Å². The summed E-state index contributed by atoms with van der Waals surface area (Å²) in [5, 5.41) is 57.8. The van der Waals surface area contributed by atoms with E-state index in [-0.39, 0.29) is 226 Å². The maximum atomic E-state index is 11.3. The average Bonchev–Trinajstić information content (AvgIpc) is 3.79. The minimum atomic E-state index is -1.35. The molecule has 451 valence electrons. The molecular weight excluding hydrogens is 1650 g/mol. The van der Waals surface area contributed by atoms with Crippen LogP contribution in [0.15, 0.2) is 138 Å². The number of ether oxygens (including phenoxy) is 1. The van der Waals surface area contributed by atoms with E-state index in [9.17, 15) is 38.7 Å². The van der Waals surface area contributed by atoms with E-state index < -0.39 is 59.4 Å². The molecule has 0 aliphatic rings. The fraction of sp³-hybridized carbons (Fsp3) is 0.173. The summed E-state index contributed by atoms with van der Waals surface area (Å²) in [6, 6.07) is 36.0. The molecule has 0 unspecified atom stereocenters. The second-order valence-electron chi connectivity index (χ2n) is 12.4. The second kappa shape index (κ2) is 69.2. The molecule has 1 aromatic heterocycles. The van der Waals surface area contributed by atoms with Gasteiger partial charge in [-0.15, -0.1) is 0 Å². The Morgan fingerprint density at radius 2 is 0.724 bits per heavy atom. The van der Waals surface area contributed by atoms with Crippen LogP contribution >= 0.6 is 0 Å². The molecule has 76 heavy (non-hydrogen) atoms. The van der Waals surface area contributed by atoms with Crippen LogP contribution in [-0.4, -0.2) is 90.4 Å². The Morgan fingerprint density at radius 3 is 0.895 bits per heavy atom. The van der Waals surface area contributed by atoms with Crippen LogP contribution in [-0.2, 0) is 181 Å². The predicted octanol–water partition coefficient (Wildman–Crippen LogP) is 10.9. The van der Waals surface area contributed by atoms with Gasteiger partial charge in [0.15, 0.2) is 0 Å². The first kappa shape index (κ1) is 116. The Bertz CT molecular complexity index is 2070. The number of aliphatic carboxylic acids is 4. The number of Topliss-reactive ketones (excluding diaryl/α,β-unsaturated/α-hetero) is 1. The maximum Gasteiger partial charge on any atom is 0.372 e. The SMILES string of the molecule is CC(=O)O.CC(C)C(=O)C(=O)O.CC(C)C(=O)O.COc1ccc(C(=O)O)cc1.O=C(O)C(c1ccccc1)c1ccccc1.O=C(O)c1ccccc1.O=C(O)c1ccco1.[Ag].[Ag].[Ag].[Ag].[Ag].[Ag].[Ag].[CH3+].[CH3+].[CH3+].[CH3+].[CH3+].[CH3+].[CH3+]. The number of aromatic carboxylic acids is 3. The van der Waals surface area contributed by atoms with Gasteiger partial charge in [-0.25, -0.2) is 19.2 Å². The monoisotopic (exact) mass is 1720 g/mol. The van der Waals surface area contributed by atoms with Gasteiger partial charge in [-0.05, 0) is 59.7 Å². The molecule has 0 aliphatic carbocycles. The summed E-state index contributed by atoms with van der Waals surface area (Å²) >= 11 is 0. The first-order chi connectivity index (χ1) is 29.1. The molecule has 17 nitrogen and oxygen atoms in total. The summed E-state index contributed by atoms with van der Waals surface area (Å²) in [6.07, 6.45) is 1.32. The Kier molecular flexibility index (Phi) is 106. The number of rotatable bonds is 10. The number of hydrogen-bond acceptors (Lipinski definition) is 10. The normalized spacial score (nSPS) is 7.54. The van der Waals surface area contributed by atoms with Crippen LogP contribution in [0, 0.1) is 63.8 Å². The molecule has 0 atom stereocenters. The molecule has 0 spiro atoms. The molecule has 5 rings (SSSR count). The molecule has 7 radical (unpaired) electrons. The molecule has 0 bridgehead atoms. The molecule has 1 heterocycles. The van der Waals surface area contributed by atoms with E-state index in [0.717, 1.165) is 18.1 Å². The molecule has 24 heteroatoms. The van der Waals surface area contributed by atoms with Crippen LogP contribution in [0.3, 0.4) is 0 Å². The molecule has 4 aromatic carbocycles. The third-order valence-corrected chi connectivity index (χ3v) is 6.83. The summed E-state index contributed by atoms with van der Waals surface area (Å²) in [7, 11) is 1.54. The Morgan fingerprint density at radius 1 is 0.421 bits per heavy atom. The molecule has 0 fully saturated rings. The van der Waals surface area contributed by atoms with Crippen molar-refractivity contribution >= 4 is 47.6 Å². The fourth-order valence-electron chi connectivity index (χ4n) is 3.73. The molecule has 7 N–H and O–H groups in total. The number of carbonyl (C=O) groups excluding carboxylic acids is 1. The number of carboxylic acid groups (broad SMARTS) is 7. The third kappa shape index (κ3) is 59.4. The van der Waals surface area contributed by atoms with E-state index in [2.05, 4.69) is 4.42 Å². The van der Waals surface area contributed by atoms with Gasteiger partial charge in [0.05, 0.1) is 30.4 Å². The van der Waals surface area contributed by atoms with Gasteiger partial charge in [0.1, 0.15) is 11.7 Å². The number of carboxylic acids is 7. The Labute approximate surface area is 560 Å². The molecule has 0 saturated carbocycles. The van der Waals surface area contributed by atoms with Gasteiger partial charge in [0.2, 0.25) is 11.5 Å². The summed E-state index contributed by atoms with van der Waals surface area (Å²) < 4.78 is 9.35. The van der Waals surface area contributed by atoms with Gasteiger partial charge >= 0.3 is 35.8 Å². The summed E-state index contributed by atoms with van der Waals surface area (Å²) in [6.45, 7) is 7.47. The molecule has 0 amide bonds. The average molecular weight is 1720 g/mol. The van der Waals surface area contributed by atoms with E-state index in [0.29, 0.717) is 11.3 Å². The second-order valence-corrected chi connectivity index (χ2v) is 12.4. The number of methoxy groups -OCH3 is 1. The first-order valence-electron chi connectivity index (χ1n) is 18.0. The molecule has 0 aliphatic heterocycles. The molecule has 0 saturated heterocycles. The fourth-order valence-corrected chi connectivity index (χ4v) is 3.73. The van der Waals surface area contributed by atoms with Gasteiger partial charge in [0, 0.05) is 221 Å². The van der Waals surface area contributed by atoms with Crippen molar-refractivity contribution in [1.82, 2.24) is 0 Å². The zero-order chi connectivity index (χ0) is 47.8. The van der Waals surface area contributed by atoms with Crippen molar-refractivity contribution < 1.29 is 240 Å². The summed E-state index contributed by atoms with van der Waals surface area (Å²) in [5.41, 5.74) is 2.21. The molecular formula is C52H71Ag7O17+7. The summed E-state index contributed by atoms with van der Waals surface area (Å²) in [4.78, 5) is 80.6. The van der Waals surface area contributed by atoms with E-state index in [1.54, 1.807) is 70.2 Å². The van der Waals surface area contributed by atoms with Crippen LogP contribution in [0.4, 0.5) is 0 Å². The Balaban J connectivity index is -0.0000000395. The van der Waals surface area contributed by atoms with Crippen molar-refractivity contribution in [3.8, 4) is 5.75 Å². The van der Waals surface area contributed by atoms with Crippen molar-refractivity contribution in [3.63, 3.8) is 0 Å². The number of furan rings is 1. The largest absolute Gasteiger partial charge is 0.497 e. The van der Waals surface area contributed by atoms with Crippen molar-refractivity contribution in [3.05, 3.63) is 214 Å². The first-order valence-corrected chi connectivity index (χ1v) is 18.0. The zero-order valence-electron chi connectivity index (χ0n) is 43.8. The third-order valence-electron chi connectivity index (χ3n) is 6.83. The molecule has 5 aromatic rings. The minimum absolute atomic E-state index is 0. The number of hydrogen-bond donors (Lipinski definition) is 7. The number of ketones is 1. The topological polar surface area (TPSA) is 301 Å². The van der Waals surface area contributed by atoms with E-state index in [1.165, 1.54) is 37.6 Å².